The number of rotatable bonds is 5. The van der Waals surface area contributed by atoms with Crippen molar-refractivity contribution in [3.63, 3.8) is 0 Å². The molecule has 0 spiro atoms. The number of nitrogens with zero attached hydrogens (tertiary/aromatic N) is 1. The molecule has 1 aliphatic carbocycles. The van der Waals surface area contributed by atoms with Crippen molar-refractivity contribution in [2.75, 3.05) is 14.1 Å². The highest BCUT2D eigenvalue weighted by molar-refractivity contribution is 5.25. The SMILES string of the molecule is CN(C)C1(c2ccccc2)CCC(C(O)Cc2ccccc2)CC1. The highest BCUT2D eigenvalue weighted by Crippen LogP contribution is 2.44. The summed E-state index contributed by atoms with van der Waals surface area (Å²) >= 11 is 0. The van der Waals surface area contributed by atoms with Gasteiger partial charge in [-0.15, -0.1) is 0 Å². The highest BCUT2D eigenvalue weighted by atomic mass is 16.3. The van der Waals surface area contributed by atoms with Crippen molar-refractivity contribution in [2.24, 2.45) is 5.92 Å². The van der Waals surface area contributed by atoms with Crippen LogP contribution in [-0.4, -0.2) is 30.2 Å². The molecule has 1 fully saturated rings. The number of hydrogen-bond acceptors (Lipinski definition) is 2. The van der Waals surface area contributed by atoms with Crippen LogP contribution in [0.1, 0.15) is 36.8 Å². The third kappa shape index (κ3) is 3.55. The second-order valence-corrected chi connectivity index (χ2v) is 7.39. The van der Waals surface area contributed by atoms with Crippen molar-refractivity contribution >= 4 is 0 Å². The van der Waals surface area contributed by atoms with Crippen LogP contribution in [0.5, 0.6) is 0 Å². The van der Waals surface area contributed by atoms with Crippen molar-refractivity contribution in [1.82, 2.24) is 4.90 Å². The summed E-state index contributed by atoms with van der Waals surface area (Å²) < 4.78 is 0. The fraction of sp³-hybridized carbons (Fsp3) is 0.455. The normalized spacial score (nSPS) is 25.6. The molecule has 1 saturated carbocycles. The van der Waals surface area contributed by atoms with Crippen LogP contribution in [0.25, 0.3) is 0 Å². The van der Waals surface area contributed by atoms with E-state index >= 15 is 0 Å². The van der Waals surface area contributed by atoms with Gasteiger partial charge in [0.1, 0.15) is 0 Å². The largest absolute Gasteiger partial charge is 0.392 e. The second-order valence-electron chi connectivity index (χ2n) is 7.39. The van der Waals surface area contributed by atoms with Gasteiger partial charge in [0, 0.05) is 5.54 Å². The fourth-order valence-electron chi connectivity index (χ4n) is 4.27. The van der Waals surface area contributed by atoms with E-state index in [2.05, 4.69) is 73.6 Å². The molecule has 1 N–H and O–H groups in total. The Morgan fingerprint density at radius 3 is 2.04 bits per heavy atom. The van der Waals surface area contributed by atoms with E-state index in [1.807, 2.05) is 6.07 Å². The summed E-state index contributed by atoms with van der Waals surface area (Å²) in [5.74, 6) is 0.405. The van der Waals surface area contributed by atoms with Gasteiger partial charge in [-0.05, 0) is 63.2 Å². The molecule has 0 amide bonds. The molecule has 3 rings (SSSR count). The summed E-state index contributed by atoms with van der Waals surface area (Å²) in [5.41, 5.74) is 2.76. The maximum atomic E-state index is 10.7. The number of hydrogen-bond donors (Lipinski definition) is 1. The van der Waals surface area contributed by atoms with Crippen molar-refractivity contribution < 1.29 is 5.11 Å². The molecule has 24 heavy (non-hydrogen) atoms. The van der Waals surface area contributed by atoms with Gasteiger partial charge in [-0.2, -0.15) is 0 Å². The molecule has 0 saturated heterocycles. The van der Waals surface area contributed by atoms with E-state index in [1.165, 1.54) is 11.1 Å². The molecule has 0 aliphatic heterocycles. The van der Waals surface area contributed by atoms with Gasteiger partial charge in [0.2, 0.25) is 0 Å². The first kappa shape index (κ1) is 17.2. The lowest BCUT2D eigenvalue weighted by Gasteiger charge is -2.46. The summed E-state index contributed by atoms with van der Waals surface area (Å²) in [7, 11) is 4.38. The average molecular weight is 323 g/mol. The minimum Gasteiger partial charge on any atom is -0.392 e. The molecule has 1 unspecified atom stereocenters. The Hall–Kier alpha value is -1.64. The monoisotopic (exact) mass is 323 g/mol. The molecule has 2 nitrogen and oxygen atoms in total. The molecule has 0 heterocycles. The molecule has 2 aromatic rings. The molecule has 2 aromatic carbocycles. The van der Waals surface area contributed by atoms with Gasteiger partial charge in [0.05, 0.1) is 6.10 Å². The predicted octanol–water partition coefficient (Wildman–Crippen LogP) is 4.24. The average Bonchev–Trinajstić information content (AvgIpc) is 2.63. The fourth-order valence-corrected chi connectivity index (χ4v) is 4.27. The minimum atomic E-state index is -0.233. The summed E-state index contributed by atoms with van der Waals surface area (Å²) in [6.07, 6.45) is 4.93. The Bertz CT molecular complexity index is 615. The van der Waals surface area contributed by atoms with Gasteiger partial charge >= 0.3 is 0 Å². The number of aliphatic hydroxyl groups is 1. The molecule has 0 bridgehead atoms. The van der Waals surface area contributed by atoms with Crippen molar-refractivity contribution in [2.45, 2.75) is 43.7 Å². The molecule has 1 aliphatic rings. The van der Waals surface area contributed by atoms with Crippen molar-refractivity contribution in [3.05, 3.63) is 71.8 Å². The van der Waals surface area contributed by atoms with Crippen LogP contribution in [0.4, 0.5) is 0 Å². The van der Waals surface area contributed by atoms with Crippen LogP contribution < -0.4 is 0 Å². The first-order chi connectivity index (χ1) is 11.6. The molecular formula is C22H29NO. The van der Waals surface area contributed by atoms with Crippen molar-refractivity contribution in [3.8, 4) is 0 Å². The maximum Gasteiger partial charge on any atom is 0.0608 e. The van der Waals surface area contributed by atoms with Gasteiger partial charge in [-0.1, -0.05) is 60.7 Å². The lowest BCUT2D eigenvalue weighted by molar-refractivity contribution is 0.0237. The van der Waals surface area contributed by atoms with Gasteiger partial charge in [0.25, 0.3) is 0 Å². The van der Waals surface area contributed by atoms with Crippen LogP contribution in [0, 0.1) is 5.92 Å². The first-order valence-corrected chi connectivity index (χ1v) is 9.07. The van der Waals surface area contributed by atoms with Crippen LogP contribution >= 0.6 is 0 Å². The lowest BCUT2D eigenvalue weighted by atomic mass is 9.70. The Morgan fingerprint density at radius 1 is 0.958 bits per heavy atom. The zero-order chi connectivity index (χ0) is 17.0. The number of aliphatic hydroxyl groups excluding tert-OH is 1. The Balaban J connectivity index is 1.67. The zero-order valence-corrected chi connectivity index (χ0v) is 14.9. The smallest absolute Gasteiger partial charge is 0.0608 e. The van der Waals surface area contributed by atoms with E-state index in [4.69, 9.17) is 0 Å². The van der Waals surface area contributed by atoms with Gasteiger partial charge in [-0.3, -0.25) is 4.90 Å². The van der Waals surface area contributed by atoms with E-state index in [9.17, 15) is 5.11 Å². The van der Waals surface area contributed by atoms with Gasteiger partial charge in [0.15, 0.2) is 0 Å². The molecule has 2 heteroatoms. The quantitative estimate of drug-likeness (QED) is 0.890. The Morgan fingerprint density at radius 2 is 1.50 bits per heavy atom. The number of benzene rings is 2. The topological polar surface area (TPSA) is 23.5 Å². The summed E-state index contributed by atoms with van der Waals surface area (Å²) in [6, 6.07) is 21.2. The summed E-state index contributed by atoms with van der Waals surface area (Å²) in [5, 5.41) is 10.7. The molecular weight excluding hydrogens is 294 g/mol. The van der Waals surface area contributed by atoms with Gasteiger partial charge < -0.3 is 5.11 Å². The van der Waals surface area contributed by atoms with Gasteiger partial charge in [-0.25, -0.2) is 0 Å². The molecule has 128 valence electrons. The molecule has 1 atom stereocenters. The van der Waals surface area contributed by atoms with E-state index in [0.717, 1.165) is 32.1 Å². The first-order valence-electron chi connectivity index (χ1n) is 9.07. The van der Waals surface area contributed by atoms with E-state index < -0.39 is 0 Å². The maximum absolute atomic E-state index is 10.7. The minimum absolute atomic E-state index is 0.115. The third-order valence-electron chi connectivity index (χ3n) is 5.86. The van der Waals surface area contributed by atoms with Crippen molar-refractivity contribution in [1.29, 1.82) is 0 Å². The van der Waals surface area contributed by atoms with Crippen LogP contribution in [0.2, 0.25) is 0 Å². The van der Waals surface area contributed by atoms with Crippen LogP contribution in [0.15, 0.2) is 60.7 Å². The summed E-state index contributed by atoms with van der Waals surface area (Å²) in [4.78, 5) is 2.38. The Labute approximate surface area is 146 Å². The predicted molar refractivity (Wildman–Crippen MR) is 99.9 cm³/mol. The Kier molecular flexibility index (Phi) is 5.37. The standard InChI is InChI=1S/C22H29NO/c1-23(2)22(20-11-7-4-8-12-20)15-13-19(14-16-22)21(24)17-18-9-5-3-6-10-18/h3-12,19,21,24H,13-17H2,1-2H3. The second kappa shape index (κ2) is 7.50. The molecule has 0 aromatic heterocycles. The third-order valence-corrected chi connectivity index (χ3v) is 5.86. The lowest BCUT2D eigenvalue weighted by Crippen LogP contribution is -2.45. The molecule has 0 radical (unpaired) electrons. The van der Waals surface area contributed by atoms with E-state index in [-0.39, 0.29) is 11.6 Å². The summed E-state index contributed by atoms with van der Waals surface area (Å²) in [6.45, 7) is 0. The highest BCUT2D eigenvalue weighted by Gasteiger charge is 2.40. The van der Waals surface area contributed by atoms with E-state index in [0.29, 0.717) is 5.92 Å². The van der Waals surface area contributed by atoms with Crippen LogP contribution in [0.3, 0.4) is 0 Å². The zero-order valence-electron chi connectivity index (χ0n) is 14.9. The van der Waals surface area contributed by atoms with Crippen LogP contribution in [-0.2, 0) is 12.0 Å². The van der Waals surface area contributed by atoms with E-state index in [1.54, 1.807) is 0 Å².